The van der Waals surface area contributed by atoms with Gasteiger partial charge in [-0.1, -0.05) is 48.5 Å². The molecule has 174 valence electrons. The molecule has 0 aliphatic rings. The van der Waals surface area contributed by atoms with Crippen molar-refractivity contribution in [2.45, 2.75) is 12.8 Å². The van der Waals surface area contributed by atoms with Crippen molar-refractivity contribution in [3.63, 3.8) is 0 Å². The van der Waals surface area contributed by atoms with Crippen LogP contribution in [0.25, 0.3) is 11.1 Å². The van der Waals surface area contributed by atoms with Crippen molar-refractivity contribution in [1.82, 2.24) is 20.1 Å². The molecule has 34 heavy (non-hydrogen) atoms. The Bertz CT molecular complexity index is 1200. The molecule has 0 atom stereocenters. The van der Waals surface area contributed by atoms with Crippen LogP contribution < -0.4 is 16.2 Å². The van der Waals surface area contributed by atoms with Gasteiger partial charge in [-0.05, 0) is 49.7 Å². The van der Waals surface area contributed by atoms with Crippen molar-refractivity contribution in [2.75, 3.05) is 25.0 Å². The van der Waals surface area contributed by atoms with E-state index in [2.05, 4.69) is 26.8 Å². The van der Waals surface area contributed by atoms with E-state index in [0.717, 1.165) is 37.1 Å². The highest BCUT2D eigenvalue weighted by atomic mass is 16.1. The van der Waals surface area contributed by atoms with E-state index < -0.39 is 0 Å². The highest BCUT2D eigenvalue weighted by molar-refractivity contribution is 5.65. The molecule has 7 heteroatoms. The molecule has 0 fully saturated rings. The van der Waals surface area contributed by atoms with Gasteiger partial charge in [0.2, 0.25) is 0 Å². The molecule has 0 amide bonds. The zero-order valence-corrected chi connectivity index (χ0v) is 19.4. The number of hydrogen-bond acceptors (Lipinski definition) is 5. The van der Waals surface area contributed by atoms with E-state index >= 15 is 0 Å². The summed E-state index contributed by atoms with van der Waals surface area (Å²) in [6.07, 6.45) is 7.22. The predicted octanol–water partition coefficient (Wildman–Crippen LogP) is 3.97. The van der Waals surface area contributed by atoms with Gasteiger partial charge in [-0.25, -0.2) is 0 Å². The van der Waals surface area contributed by atoms with Crippen LogP contribution in [-0.2, 0) is 13.5 Å². The molecule has 0 saturated heterocycles. The second-order valence-electron chi connectivity index (χ2n) is 7.78. The van der Waals surface area contributed by atoms with Gasteiger partial charge in [0.1, 0.15) is 5.69 Å². The van der Waals surface area contributed by atoms with Crippen molar-refractivity contribution in [2.24, 2.45) is 7.05 Å². The number of rotatable bonds is 9. The summed E-state index contributed by atoms with van der Waals surface area (Å²) in [7, 11) is 1.86. The predicted molar refractivity (Wildman–Crippen MR) is 137 cm³/mol. The first-order valence-corrected chi connectivity index (χ1v) is 11.3. The Hall–Kier alpha value is -4.15. The number of aromatic nitrogens is 3. The summed E-state index contributed by atoms with van der Waals surface area (Å²) in [6, 6.07) is 23.6. The van der Waals surface area contributed by atoms with Crippen LogP contribution in [0.5, 0.6) is 0 Å². The van der Waals surface area contributed by atoms with Crippen LogP contribution in [0.1, 0.15) is 17.5 Å². The van der Waals surface area contributed by atoms with Crippen molar-refractivity contribution in [3.05, 3.63) is 107 Å². The zero-order valence-electron chi connectivity index (χ0n) is 19.4. The molecule has 0 unspecified atom stereocenters. The largest absolute Gasteiger partial charge is 0.381 e. The van der Waals surface area contributed by atoms with Crippen LogP contribution in [-0.4, -0.2) is 34.4 Å². The van der Waals surface area contributed by atoms with Crippen LogP contribution in [0, 0.1) is 11.3 Å². The molecule has 0 saturated carbocycles. The standard InChI is InChI=1S/C21H24N6O.C6H6/c1-27-15-19(14-26-27)18-11-20(21(28)25-13-18)24-9-2-8-23-10-7-16-3-5-17(12-22)6-4-16;1-2-4-6-5-3-1/h3-6,11,13-15,23-24H,2,7-10H2,1H3,(H,25,28);1-6H. The van der Waals surface area contributed by atoms with Crippen LogP contribution in [0.4, 0.5) is 5.69 Å². The van der Waals surface area contributed by atoms with Gasteiger partial charge in [-0.2, -0.15) is 10.4 Å². The number of aromatic amines is 1. The van der Waals surface area contributed by atoms with Gasteiger partial charge in [0.05, 0.1) is 17.8 Å². The molecule has 2 aromatic heterocycles. The van der Waals surface area contributed by atoms with Gasteiger partial charge in [0, 0.05) is 37.1 Å². The molecule has 3 N–H and O–H groups in total. The molecular formula is C27H30N6O. The zero-order chi connectivity index (χ0) is 24.0. The Kier molecular flexibility index (Phi) is 9.66. The van der Waals surface area contributed by atoms with Crippen molar-refractivity contribution < 1.29 is 0 Å². The molecule has 0 aliphatic carbocycles. The average molecular weight is 455 g/mol. The lowest BCUT2D eigenvalue weighted by atomic mass is 10.1. The molecule has 0 radical (unpaired) electrons. The lowest BCUT2D eigenvalue weighted by molar-refractivity contribution is 0.660. The van der Waals surface area contributed by atoms with E-state index in [1.165, 1.54) is 5.56 Å². The number of aryl methyl sites for hydroxylation is 1. The minimum Gasteiger partial charge on any atom is -0.381 e. The molecule has 4 aromatic rings. The normalized spacial score (nSPS) is 10.1. The fourth-order valence-corrected chi connectivity index (χ4v) is 3.28. The summed E-state index contributed by atoms with van der Waals surface area (Å²) >= 11 is 0. The number of H-pyrrole nitrogens is 1. The molecule has 0 aliphatic heterocycles. The molecular weight excluding hydrogens is 424 g/mol. The number of nitrogens with zero attached hydrogens (tertiary/aromatic N) is 3. The quantitative estimate of drug-likeness (QED) is 0.333. The van der Waals surface area contributed by atoms with Gasteiger partial charge in [-0.15, -0.1) is 0 Å². The second kappa shape index (κ2) is 13.4. The fraction of sp³-hybridized carbons (Fsp3) is 0.222. The lowest BCUT2D eigenvalue weighted by Crippen LogP contribution is -2.22. The topological polar surface area (TPSA) is 98.5 Å². The molecule has 7 nitrogen and oxygen atoms in total. The smallest absolute Gasteiger partial charge is 0.271 e. The van der Waals surface area contributed by atoms with E-state index in [0.29, 0.717) is 17.8 Å². The maximum absolute atomic E-state index is 12.0. The Morgan fingerprint density at radius 3 is 2.32 bits per heavy atom. The summed E-state index contributed by atoms with van der Waals surface area (Å²) < 4.78 is 1.73. The number of nitrogens with one attached hydrogen (secondary N) is 3. The van der Waals surface area contributed by atoms with Crippen LogP contribution in [0.15, 0.2) is 90.1 Å². The maximum Gasteiger partial charge on any atom is 0.271 e. The summed E-state index contributed by atoms with van der Waals surface area (Å²) in [5, 5.41) is 19.6. The average Bonchev–Trinajstić information content (AvgIpc) is 3.32. The van der Waals surface area contributed by atoms with Gasteiger partial charge in [-0.3, -0.25) is 9.48 Å². The van der Waals surface area contributed by atoms with E-state index in [-0.39, 0.29) is 5.56 Å². The number of pyridine rings is 1. The van der Waals surface area contributed by atoms with Gasteiger partial charge >= 0.3 is 0 Å². The van der Waals surface area contributed by atoms with E-state index in [9.17, 15) is 4.79 Å². The minimum absolute atomic E-state index is 0.124. The summed E-state index contributed by atoms with van der Waals surface area (Å²) in [5.74, 6) is 0. The fourth-order valence-electron chi connectivity index (χ4n) is 3.28. The third-order valence-corrected chi connectivity index (χ3v) is 5.13. The Morgan fingerprint density at radius 1 is 1.00 bits per heavy atom. The van der Waals surface area contributed by atoms with Crippen LogP contribution in [0.2, 0.25) is 0 Å². The molecule has 4 rings (SSSR count). The monoisotopic (exact) mass is 454 g/mol. The Morgan fingerprint density at radius 2 is 1.71 bits per heavy atom. The van der Waals surface area contributed by atoms with Gasteiger partial charge in [0.15, 0.2) is 0 Å². The third kappa shape index (κ3) is 8.08. The number of nitriles is 1. The maximum atomic E-state index is 12.0. The van der Waals surface area contributed by atoms with Gasteiger partial charge < -0.3 is 15.6 Å². The minimum atomic E-state index is -0.124. The first-order chi connectivity index (χ1) is 16.7. The first-order valence-electron chi connectivity index (χ1n) is 11.3. The lowest BCUT2D eigenvalue weighted by Gasteiger charge is -2.08. The number of hydrogen-bond donors (Lipinski definition) is 3. The summed E-state index contributed by atoms with van der Waals surface area (Å²) in [5.41, 5.74) is 4.23. The van der Waals surface area contributed by atoms with E-state index in [4.69, 9.17) is 5.26 Å². The first kappa shape index (κ1) is 24.5. The molecule has 0 spiro atoms. The van der Waals surface area contributed by atoms with Crippen LogP contribution >= 0.6 is 0 Å². The van der Waals surface area contributed by atoms with Crippen LogP contribution in [0.3, 0.4) is 0 Å². The number of benzene rings is 2. The van der Waals surface area contributed by atoms with E-state index in [1.54, 1.807) is 17.1 Å². The Labute approximate surface area is 200 Å². The van der Waals surface area contributed by atoms with Gasteiger partial charge in [0.25, 0.3) is 5.56 Å². The Balaban J connectivity index is 0.000000469. The highest BCUT2D eigenvalue weighted by Gasteiger charge is 2.05. The van der Waals surface area contributed by atoms with Crippen molar-refractivity contribution in [3.8, 4) is 17.2 Å². The van der Waals surface area contributed by atoms with Crippen molar-refractivity contribution >= 4 is 5.69 Å². The highest BCUT2D eigenvalue weighted by Crippen LogP contribution is 2.18. The molecule has 0 bridgehead atoms. The summed E-state index contributed by atoms with van der Waals surface area (Å²) in [6.45, 7) is 2.45. The second-order valence-corrected chi connectivity index (χ2v) is 7.78. The summed E-state index contributed by atoms with van der Waals surface area (Å²) in [4.78, 5) is 14.8. The molecule has 2 heterocycles. The SMILES string of the molecule is Cn1cc(-c2c[nH]c(=O)c(NCCCNCCc3ccc(C#N)cc3)c2)cn1.c1ccccc1. The van der Waals surface area contributed by atoms with Crippen molar-refractivity contribution in [1.29, 1.82) is 5.26 Å². The van der Waals surface area contributed by atoms with E-state index in [1.807, 2.05) is 80.0 Å². The number of anilines is 1. The third-order valence-electron chi connectivity index (χ3n) is 5.13. The molecule has 2 aromatic carbocycles.